The molecule has 0 radical (unpaired) electrons. The zero-order chi connectivity index (χ0) is 7.98. The highest BCUT2D eigenvalue weighted by molar-refractivity contribution is 7.78. The molecule has 0 saturated carbocycles. The molecule has 0 fully saturated rings. The third kappa shape index (κ3) is 4.74. The standard InChI is InChI=1S/C8H17NS/c1-4-8(9-6-10)5-7(2)3/h6-8H,4-5H2,1-3H3,(H,9,10). The lowest BCUT2D eigenvalue weighted by Crippen LogP contribution is -2.27. The molecule has 0 saturated heterocycles. The molecule has 0 aromatic heterocycles. The van der Waals surface area contributed by atoms with E-state index in [4.69, 9.17) is 12.2 Å². The van der Waals surface area contributed by atoms with Gasteiger partial charge in [-0.05, 0) is 18.8 Å². The Morgan fingerprint density at radius 1 is 1.50 bits per heavy atom. The molecule has 1 unspecified atom stereocenters. The first kappa shape index (κ1) is 9.89. The summed E-state index contributed by atoms with van der Waals surface area (Å²) in [5.74, 6) is 0.757. The van der Waals surface area contributed by atoms with Crippen LogP contribution in [0, 0.1) is 5.92 Å². The fourth-order valence-electron chi connectivity index (χ4n) is 1.02. The van der Waals surface area contributed by atoms with E-state index in [1.54, 1.807) is 5.49 Å². The minimum atomic E-state index is 0.581. The molecule has 0 amide bonds. The van der Waals surface area contributed by atoms with Crippen molar-refractivity contribution in [3.05, 3.63) is 0 Å². The lowest BCUT2D eigenvalue weighted by Gasteiger charge is -2.16. The summed E-state index contributed by atoms with van der Waals surface area (Å²) in [6.07, 6.45) is 2.37. The second-order valence-electron chi connectivity index (χ2n) is 3.02. The Morgan fingerprint density at radius 3 is 2.40 bits per heavy atom. The van der Waals surface area contributed by atoms with Crippen LogP contribution in [0.3, 0.4) is 0 Å². The van der Waals surface area contributed by atoms with Crippen molar-refractivity contribution in [3.63, 3.8) is 0 Å². The van der Waals surface area contributed by atoms with Crippen LogP contribution < -0.4 is 5.32 Å². The fourth-order valence-corrected chi connectivity index (χ4v) is 1.21. The maximum absolute atomic E-state index is 4.71. The van der Waals surface area contributed by atoms with Gasteiger partial charge < -0.3 is 5.32 Å². The van der Waals surface area contributed by atoms with Gasteiger partial charge in [-0.1, -0.05) is 33.0 Å². The molecule has 10 heavy (non-hydrogen) atoms. The van der Waals surface area contributed by atoms with Crippen LogP contribution in [-0.2, 0) is 0 Å². The van der Waals surface area contributed by atoms with Gasteiger partial charge in [-0.15, -0.1) is 0 Å². The molecule has 0 aliphatic carbocycles. The topological polar surface area (TPSA) is 12.0 Å². The summed E-state index contributed by atoms with van der Waals surface area (Å²) >= 11 is 4.71. The van der Waals surface area contributed by atoms with Crippen LogP contribution in [-0.4, -0.2) is 11.5 Å². The predicted molar refractivity (Wildman–Crippen MR) is 50.3 cm³/mol. The molecule has 1 nitrogen and oxygen atoms in total. The zero-order valence-corrected chi connectivity index (χ0v) is 7.87. The van der Waals surface area contributed by atoms with Gasteiger partial charge >= 0.3 is 0 Å². The summed E-state index contributed by atoms with van der Waals surface area (Å²) < 4.78 is 0. The minimum absolute atomic E-state index is 0.581. The van der Waals surface area contributed by atoms with E-state index in [0.29, 0.717) is 6.04 Å². The Kier molecular flexibility index (Phi) is 5.60. The van der Waals surface area contributed by atoms with E-state index in [9.17, 15) is 0 Å². The predicted octanol–water partition coefficient (Wildman–Crippen LogP) is 2.36. The van der Waals surface area contributed by atoms with Crippen LogP contribution in [0.25, 0.3) is 0 Å². The molecule has 1 N–H and O–H groups in total. The molecule has 0 aliphatic rings. The highest BCUT2D eigenvalue weighted by Crippen LogP contribution is 2.06. The van der Waals surface area contributed by atoms with E-state index < -0.39 is 0 Å². The number of hydrogen-bond donors (Lipinski definition) is 1. The first-order chi connectivity index (χ1) is 4.70. The molecule has 2 heteroatoms. The van der Waals surface area contributed by atoms with Gasteiger partial charge in [0.15, 0.2) is 0 Å². The van der Waals surface area contributed by atoms with Crippen molar-refractivity contribution in [1.29, 1.82) is 0 Å². The van der Waals surface area contributed by atoms with Crippen molar-refractivity contribution in [2.24, 2.45) is 5.92 Å². The number of hydrogen-bond acceptors (Lipinski definition) is 1. The van der Waals surface area contributed by atoms with Gasteiger partial charge in [0, 0.05) is 6.04 Å². The molecule has 0 heterocycles. The monoisotopic (exact) mass is 159 g/mol. The van der Waals surface area contributed by atoms with Crippen molar-refractivity contribution < 1.29 is 0 Å². The van der Waals surface area contributed by atoms with Gasteiger partial charge in [-0.25, -0.2) is 0 Å². The number of thiocarbonyl (C=S) groups is 1. The van der Waals surface area contributed by atoms with Crippen LogP contribution in [0.4, 0.5) is 0 Å². The van der Waals surface area contributed by atoms with Crippen LogP contribution in [0.1, 0.15) is 33.6 Å². The van der Waals surface area contributed by atoms with Crippen molar-refractivity contribution >= 4 is 17.7 Å². The summed E-state index contributed by atoms with van der Waals surface area (Å²) in [5, 5.41) is 3.15. The Bertz CT molecular complexity index is 91.3. The lowest BCUT2D eigenvalue weighted by molar-refractivity contribution is 0.459. The first-order valence-corrected chi connectivity index (χ1v) is 4.37. The smallest absolute Gasteiger partial charge is 0.0617 e. The van der Waals surface area contributed by atoms with E-state index in [1.807, 2.05) is 0 Å². The fraction of sp³-hybridized carbons (Fsp3) is 0.875. The second kappa shape index (κ2) is 5.66. The highest BCUT2D eigenvalue weighted by atomic mass is 32.1. The summed E-state index contributed by atoms with van der Waals surface area (Å²) in [5.41, 5.74) is 1.62. The van der Waals surface area contributed by atoms with Crippen molar-refractivity contribution in [2.45, 2.75) is 39.7 Å². The second-order valence-corrected chi connectivity index (χ2v) is 3.25. The molecule has 0 aliphatic heterocycles. The van der Waals surface area contributed by atoms with E-state index in [0.717, 1.165) is 12.3 Å². The Labute approximate surface area is 69.2 Å². The van der Waals surface area contributed by atoms with E-state index >= 15 is 0 Å². The van der Waals surface area contributed by atoms with Gasteiger partial charge in [0.05, 0.1) is 5.49 Å². The van der Waals surface area contributed by atoms with Crippen LogP contribution in [0.5, 0.6) is 0 Å². The average molecular weight is 159 g/mol. The summed E-state index contributed by atoms with van der Waals surface area (Å²) in [7, 11) is 0. The largest absolute Gasteiger partial charge is 0.379 e. The molecule has 0 aromatic carbocycles. The Morgan fingerprint density at radius 2 is 2.10 bits per heavy atom. The zero-order valence-electron chi connectivity index (χ0n) is 7.05. The van der Waals surface area contributed by atoms with Crippen molar-refractivity contribution in [1.82, 2.24) is 5.32 Å². The van der Waals surface area contributed by atoms with Gasteiger partial charge in [0.1, 0.15) is 0 Å². The number of nitrogens with one attached hydrogen (secondary N) is 1. The summed E-state index contributed by atoms with van der Waals surface area (Å²) in [6.45, 7) is 6.64. The van der Waals surface area contributed by atoms with Crippen molar-refractivity contribution in [2.75, 3.05) is 0 Å². The molecular weight excluding hydrogens is 142 g/mol. The molecule has 0 spiro atoms. The third-order valence-corrected chi connectivity index (χ3v) is 1.69. The number of rotatable bonds is 5. The van der Waals surface area contributed by atoms with E-state index in [2.05, 4.69) is 26.1 Å². The van der Waals surface area contributed by atoms with Gasteiger partial charge in [0.25, 0.3) is 0 Å². The van der Waals surface area contributed by atoms with Crippen LogP contribution >= 0.6 is 12.2 Å². The van der Waals surface area contributed by atoms with Gasteiger partial charge in [-0.2, -0.15) is 0 Å². The Hall–Kier alpha value is -0.110. The molecule has 1 atom stereocenters. The summed E-state index contributed by atoms with van der Waals surface area (Å²) in [6, 6.07) is 0.581. The maximum Gasteiger partial charge on any atom is 0.0617 e. The van der Waals surface area contributed by atoms with Crippen LogP contribution in [0.15, 0.2) is 0 Å². The molecule has 0 aromatic rings. The average Bonchev–Trinajstić information content (AvgIpc) is 1.86. The lowest BCUT2D eigenvalue weighted by atomic mass is 10.0. The van der Waals surface area contributed by atoms with Crippen molar-refractivity contribution in [3.8, 4) is 0 Å². The molecule has 0 rings (SSSR count). The quantitative estimate of drug-likeness (QED) is 0.618. The summed E-state index contributed by atoms with van der Waals surface area (Å²) in [4.78, 5) is 0. The maximum atomic E-state index is 4.71. The Balaban J connectivity index is 3.48. The van der Waals surface area contributed by atoms with Gasteiger partial charge in [0.2, 0.25) is 0 Å². The SMILES string of the molecule is CCC(CC(C)C)NC=S. The highest BCUT2D eigenvalue weighted by Gasteiger charge is 2.04. The third-order valence-electron chi connectivity index (χ3n) is 1.55. The van der Waals surface area contributed by atoms with Gasteiger partial charge in [-0.3, -0.25) is 0 Å². The van der Waals surface area contributed by atoms with E-state index in [-0.39, 0.29) is 0 Å². The molecule has 60 valence electrons. The normalized spacial score (nSPS) is 13.2. The first-order valence-electron chi connectivity index (χ1n) is 3.90. The minimum Gasteiger partial charge on any atom is -0.379 e. The molecular formula is C8H17NS. The van der Waals surface area contributed by atoms with Crippen LogP contribution in [0.2, 0.25) is 0 Å². The van der Waals surface area contributed by atoms with E-state index in [1.165, 1.54) is 6.42 Å². The molecule has 0 bridgehead atoms.